The molecule has 0 fully saturated rings. The summed E-state index contributed by atoms with van der Waals surface area (Å²) in [5.74, 6) is 1.09. The molecule has 0 radical (unpaired) electrons. The predicted octanol–water partition coefficient (Wildman–Crippen LogP) is 8.48. The molecule has 1 unspecified atom stereocenters. The molecule has 0 spiro atoms. The van der Waals surface area contributed by atoms with E-state index in [9.17, 15) is 4.79 Å². The lowest BCUT2D eigenvalue weighted by Gasteiger charge is -2.47. The van der Waals surface area contributed by atoms with Crippen LogP contribution in [0.2, 0.25) is 0 Å². The van der Waals surface area contributed by atoms with E-state index in [4.69, 9.17) is 0 Å². The summed E-state index contributed by atoms with van der Waals surface area (Å²) in [4.78, 5) is 13.5. The molecular formula is C26H50O. The van der Waals surface area contributed by atoms with Gasteiger partial charge >= 0.3 is 0 Å². The fourth-order valence-corrected chi connectivity index (χ4v) is 5.13. The van der Waals surface area contributed by atoms with Crippen molar-refractivity contribution in [3.05, 3.63) is 12.2 Å². The monoisotopic (exact) mass is 378 g/mol. The largest absolute Gasteiger partial charge is 0.299 e. The second kappa shape index (κ2) is 8.83. The lowest BCUT2D eigenvalue weighted by Crippen LogP contribution is -2.44. The van der Waals surface area contributed by atoms with Crippen molar-refractivity contribution in [3.63, 3.8) is 0 Å². The summed E-state index contributed by atoms with van der Waals surface area (Å²) < 4.78 is 0. The number of hydrogen-bond acceptors (Lipinski definition) is 1. The fourth-order valence-electron chi connectivity index (χ4n) is 5.13. The lowest BCUT2D eigenvalue weighted by molar-refractivity contribution is -0.140. The molecule has 27 heavy (non-hydrogen) atoms. The van der Waals surface area contributed by atoms with Crippen LogP contribution in [0, 0.1) is 33.0 Å². The summed E-state index contributed by atoms with van der Waals surface area (Å²) in [6.45, 7) is 29.1. The van der Waals surface area contributed by atoms with Crippen LogP contribution in [0.15, 0.2) is 12.2 Å². The Hall–Kier alpha value is -0.590. The van der Waals surface area contributed by atoms with Crippen molar-refractivity contribution >= 4 is 5.78 Å². The fraction of sp³-hybridized carbons (Fsp3) is 0.885. The van der Waals surface area contributed by atoms with E-state index in [0.29, 0.717) is 11.7 Å². The molecule has 1 heteroatoms. The SMILES string of the molecule is CCC(C)(C=CCC(C)C)C(C)(C)CC(C)(C)C(=O)C(C)(C)CC(C)(C)C. The van der Waals surface area contributed by atoms with Gasteiger partial charge in [0.1, 0.15) is 5.78 Å². The second-order valence-corrected chi connectivity index (χ2v) is 12.7. The van der Waals surface area contributed by atoms with Gasteiger partial charge in [-0.25, -0.2) is 0 Å². The van der Waals surface area contributed by atoms with Gasteiger partial charge in [0.05, 0.1) is 0 Å². The Morgan fingerprint density at radius 2 is 1.26 bits per heavy atom. The van der Waals surface area contributed by atoms with Gasteiger partial charge in [-0.1, -0.05) is 102 Å². The molecule has 0 bridgehead atoms. The Kier molecular flexibility index (Phi) is 8.64. The van der Waals surface area contributed by atoms with Gasteiger partial charge in [-0.2, -0.15) is 0 Å². The van der Waals surface area contributed by atoms with Crippen molar-refractivity contribution in [3.8, 4) is 0 Å². The molecule has 0 aliphatic heterocycles. The molecule has 0 heterocycles. The van der Waals surface area contributed by atoms with Crippen LogP contribution in [-0.4, -0.2) is 5.78 Å². The van der Waals surface area contributed by atoms with E-state index >= 15 is 0 Å². The molecule has 0 aromatic rings. The molecule has 0 N–H and O–H groups in total. The molecule has 1 nitrogen and oxygen atoms in total. The van der Waals surface area contributed by atoms with Crippen LogP contribution < -0.4 is 0 Å². The molecule has 0 rings (SSSR count). The van der Waals surface area contributed by atoms with Gasteiger partial charge < -0.3 is 0 Å². The molecule has 0 aromatic carbocycles. The van der Waals surface area contributed by atoms with Gasteiger partial charge in [-0.05, 0) is 47.8 Å². The number of ketones is 1. The quantitative estimate of drug-likeness (QED) is 0.348. The number of carbonyl (C=O) groups is 1. The molecule has 0 saturated heterocycles. The topological polar surface area (TPSA) is 17.1 Å². The van der Waals surface area contributed by atoms with Gasteiger partial charge in [-0.3, -0.25) is 4.79 Å². The normalized spacial score (nSPS) is 16.8. The van der Waals surface area contributed by atoms with Crippen LogP contribution in [-0.2, 0) is 4.79 Å². The first-order valence-electron chi connectivity index (χ1n) is 11.0. The van der Waals surface area contributed by atoms with Crippen molar-refractivity contribution in [2.45, 2.75) is 116 Å². The van der Waals surface area contributed by atoms with Gasteiger partial charge in [0.25, 0.3) is 0 Å². The molecule has 0 aliphatic carbocycles. The Bertz CT molecular complexity index is 511. The Balaban J connectivity index is 5.59. The summed E-state index contributed by atoms with van der Waals surface area (Å²) in [5.41, 5.74) is -0.337. The van der Waals surface area contributed by atoms with E-state index < -0.39 is 0 Å². The number of hydrogen-bond donors (Lipinski definition) is 0. The number of allylic oxidation sites excluding steroid dienone is 2. The summed E-state index contributed by atoms with van der Waals surface area (Å²) >= 11 is 0. The molecule has 0 amide bonds. The summed E-state index contributed by atoms with van der Waals surface area (Å²) in [7, 11) is 0. The predicted molar refractivity (Wildman–Crippen MR) is 122 cm³/mol. The highest BCUT2D eigenvalue weighted by atomic mass is 16.1. The third kappa shape index (κ3) is 7.74. The average Bonchev–Trinajstić information content (AvgIpc) is 2.41. The Labute approximate surface area is 171 Å². The summed E-state index contributed by atoms with van der Waals surface area (Å²) in [6.07, 6.45) is 8.81. The maximum absolute atomic E-state index is 13.5. The van der Waals surface area contributed by atoms with Crippen LogP contribution in [0.4, 0.5) is 0 Å². The number of Topliss-reactive ketones (excluding diaryl/α,β-unsaturated/α-hetero) is 1. The Morgan fingerprint density at radius 1 is 0.815 bits per heavy atom. The van der Waals surface area contributed by atoms with E-state index in [1.807, 2.05) is 0 Å². The first-order valence-corrected chi connectivity index (χ1v) is 11.0. The van der Waals surface area contributed by atoms with Crippen LogP contribution in [0.1, 0.15) is 116 Å². The highest BCUT2D eigenvalue weighted by Crippen LogP contribution is 2.51. The zero-order valence-electron chi connectivity index (χ0n) is 21.0. The Morgan fingerprint density at radius 3 is 1.63 bits per heavy atom. The highest BCUT2D eigenvalue weighted by molar-refractivity contribution is 5.89. The molecule has 0 aromatic heterocycles. The van der Waals surface area contributed by atoms with Gasteiger partial charge in [-0.15, -0.1) is 0 Å². The lowest BCUT2D eigenvalue weighted by atomic mass is 9.56. The number of carbonyl (C=O) groups excluding carboxylic acids is 1. The highest BCUT2D eigenvalue weighted by Gasteiger charge is 2.47. The van der Waals surface area contributed by atoms with Crippen LogP contribution in [0.5, 0.6) is 0 Å². The third-order valence-corrected chi connectivity index (χ3v) is 6.46. The van der Waals surface area contributed by atoms with E-state index in [1.165, 1.54) is 0 Å². The van der Waals surface area contributed by atoms with Crippen molar-refractivity contribution in [2.75, 3.05) is 0 Å². The van der Waals surface area contributed by atoms with E-state index in [1.54, 1.807) is 0 Å². The van der Waals surface area contributed by atoms with E-state index in [2.05, 4.69) is 102 Å². The van der Waals surface area contributed by atoms with Gasteiger partial charge in [0.15, 0.2) is 0 Å². The van der Waals surface area contributed by atoms with Crippen molar-refractivity contribution in [1.82, 2.24) is 0 Å². The van der Waals surface area contributed by atoms with Crippen molar-refractivity contribution in [1.29, 1.82) is 0 Å². The molecule has 1 atom stereocenters. The van der Waals surface area contributed by atoms with Crippen molar-refractivity contribution < 1.29 is 4.79 Å². The minimum atomic E-state index is -0.333. The molecular weight excluding hydrogens is 328 g/mol. The first kappa shape index (κ1) is 26.4. The van der Waals surface area contributed by atoms with Crippen molar-refractivity contribution in [2.24, 2.45) is 33.0 Å². The minimum Gasteiger partial charge on any atom is -0.299 e. The van der Waals surface area contributed by atoms with Crippen LogP contribution in [0.3, 0.4) is 0 Å². The summed E-state index contributed by atoms with van der Waals surface area (Å²) in [6, 6.07) is 0. The zero-order chi connectivity index (χ0) is 21.9. The maximum atomic E-state index is 13.5. The minimum absolute atomic E-state index is 0.0478. The number of rotatable bonds is 10. The standard InChI is InChI=1S/C26H50O/c1-14-26(13,17-15-16-20(2)3)25(11,12)19-24(9,10)21(27)23(7,8)18-22(4,5)6/h15,17,20H,14,16,18-19H2,1-13H3. The first-order chi connectivity index (χ1) is 11.8. The van der Waals surface area contributed by atoms with Gasteiger partial charge in [0.2, 0.25) is 0 Å². The maximum Gasteiger partial charge on any atom is 0.144 e. The zero-order valence-corrected chi connectivity index (χ0v) is 21.0. The van der Waals surface area contributed by atoms with Crippen LogP contribution in [0.25, 0.3) is 0 Å². The third-order valence-electron chi connectivity index (χ3n) is 6.46. The molecule has 0 aliphatic rings. The van der Waals surface area contributed by atoms with E-state index in [0.717, 1.165) is 25.7 Å². The summed E-state index contributed by atoms with van der Waals surface area (Å²) in [5, 5.41) is 0. The molecule has 160 valence electrons. The smallest absolute Gasteiger partial charge is 0.144 e. The van der Waals surface area contributed by atoms with E-state index in [-0.39, 0.29) is 27.1 Å². The van der Waals surface area contributed by atoms with Gasteiger partial charge in [0, 0.05) is 10.8 Å². The average molecular weight is 379 g/mol. The molecule has 0 saturated carbocycles. The second-order valence-electron chi connectivity index (χ2n) is 12.7. The van der Waals surface area contributed by atoms with Crippen LogP contribution >= 0.6 is 0 Å².